The maximum atomic E-state index is 12.3. The molecule has 1 fully saturated rings. The van der Waals surface area contributed by atoms with Gasteiger partial charge in [-0.2, -0.15) is 0 Å². The van der Waals surface area contributed by atoms with Gasteiger partial charge >= 0.3 is 12.1 Å². The molecule has 7 heteroatoms. The monoisotopic (exact) mass is 376 g/mol. The molecule has 0 radical (unpaired) electrons. The lowest BCUT2D eigenvalue weighted by atomic mass is 10.1. The lowest BCUT2D eigenvalue weighted by Crippen LogP contribution is -2.44. The zero-order valence-electron chi connectivity index (χ0n) is 16.4. The molecule has 0 saturated carbocycles. The second-order valence-corrected chi connectivity index (χ2v) is 7.64. The van der Waals surface area contributed by atoms with E-state index in [-0.39, 0.29) is 18.6 Å². The van der Waals surface area contributed by atoms with Gasteiger partial charge in [-0.15, -0.1) is 0 Å². The van der Waals surface area contributed by atoms with Gasteiger partial charge in [-0.05, 0) is 46.1 Å². The predicted molar refractivity (Wildman–Crippen MR) is 99.9 cm³/mol. The quantitative estimate of drug-likeness (QED) is 0.799. The fourth-order valence-corrected chi connectivity index (χ4v) is 2.89. The van der Waals surface area contributed by atoms with Crippen molar-refractivity contribution < 1.29 is 23.9 Å². The van der Waals surface area contributed by atoms with Crippen molar-refractivity contribution in [3.8, 4) is 0 Å². The summed E-state index contributed by atoms with van der Waals surface area (Å²) in [7, 11) is 0. The van der Waals surface area contributed by atoms with Crippen molar-refractivity contribution in [2.45, 2.75) is 58.2 Å². The number of nitrogens with one attached hydrogen (secondary N) is 1. The molecule has 2 atom stereocenters. The molecule has 1 N–H and O–H groups in total. The Hall–Kier alpha value is -2.57. The maximum absolute atomic E-state index is 12.3. The first-order valence-electron chi connectivity index (χ1n) is 9.18. The van der Waals surface area contributed by atoms with Crippen LogP contribution in [0.2, 0.25) is 0 Å². The van der Waals surface area contributed by atoms with Gasteiger partial charge in [-0.25, -0.2) is 9.59 Å². The molecule has 0 unspecified atom stereocenters. The zero-order chi connectivity index (χ0) is 20.0. The highest BCUT2D eigenvalue weighted by atomic mass is 16.6. The Morgan fingerprint density at radius 2 is 1.89 bits per heavy atom. The van der Waals surface area contributed by atoms with Crippen LogP contribution in [0.25, 0.3) is 0 Å². The summed E-state index contributed by atoms with van der Waals surface area (Å²) in [6.07, 6.45) is 0.653. The molecule has 0 aliphatic carbocycles. The van der Waals surface area contributed by atoms with E-state index in [0.29, 0.717) is 19.4 Å². The molecule has 1 aliphatic rings. The number of nitrogens with zero attached hydrogens (tertiary/aromatic N) is 1. The van der Waals surface area contributed by atoms with Gasteiger partial charge < -0.3 is 14.8 Å². The van der Waals surface area contributed by atoms with E-state index in [1.54, 1.807) is 20.8 Å². The number of hydrogen-bond donors (Lipinski definition) is 1. The van der Waals surface area contributed by atoms with E-state index in [0.717, 1.165) is 5.56 Å². The van der Waals surface area contributed by atoms with E-state index in [9.17, 15) is 14.4 Å². The standard InChI is InChI=1S/C20H28N2O5/c1-14(15-9-6-5-7-10-15)21-17(23)13-26-18(24)16-11-8-12-22(16)19(25)27-20(2,3)4/h5-7,9-10,14,16H,8,11-13H2,1-4H3,(H,21,23)/t14-,16+/m1/s1. The molecule has 7 nitrogen and oxygen atoms in total. The summed E-state index contributed by atoms with van der Waals surface area (Å²) in [6, 6.07) is 8.61. The molecule has 0 aromatic heterocycles. The van der Waals surface area contributed by atoms with Crippen molar-refractivity contribution in [3.05, 3.63) is 35.9 Å². The minimum absolute atomic E-state index is 0.192. The van der Waals surface area contributed by atoms with Crippen molar-refractivity contribution >= 4 is 18.0 Å². The van der Waals surface area contributed by atoms with Crippen LogP contribution in [-0.2, 0) is 19.1 Å². The number of rotatable bonds is 5. The fourth-order valence-electron chi connectivity index (χ4n) is 2.89. The van der Waals surface area contributed by atoms with Gasteiger partial charge in [0.1, 0.15) is 11.6 Å². The largest absolute Gasteiger partial charge is 0.454 e. The minimum Gasteiger partial charge on any atom is -0.454 e. The van der Waals surface area contributed by atoms with Crippen LogP contribution in [0, 0.1) is 0 Å². The summed E-state index contributed by atoms with van der Waals surface area (Å²) in [5.41, 5.74) is 0.325. The fraction of sp³-hybridized carbons (Fsp3) is 0.550. The Kier molecular flexibility index (Phi) is 6.82. The van der Waals surface area contributed by atoms with Crippen LogP contribution < -0.4 is 5.32 Å². The molecule has 0 bridgehead atoms. The maximum Gasteiger partial charge on any atom is 0.411 e. The van der Waals surface area contributed by atoms with E-state index in [4.69, 9.17) is 9.47 Å². The van der Waals surface area contributed by atoms with Crippen LogP contribution in [0.15, 0.2) is 30.3 Å². The summed E-state index contributed by atoms with van der Waals surface area (Å²) in [5, 5.41) is 2.79. The Labute approximate surface area is 160 Å². The number of ether oxygens (including phenoxy) is 2. The molecular weight excluding hydrogens is 348 g/mol. The molecule has 1 aromatic carbocycles. The highest BCUT2D eigenvalue weighted by molar-refractivity contribution is 5.85. The van der Waals surface area contributed by atoms with E-state index in [1.165, 1.54) is 4.90 Å². The van der Waals surface area contributed by atoms with Crippen LogP contribution >= 0.6 is 0 Å². The van der Waals surface area contributed by atoms with Gasteiger partial charge in [0.2, 0.25) is 0 Å². The van der Waals surface area contributed by atoms with Crippen LogP contribution in [0.3, 0.4) is 0 Å². The van der Waals surface area contributed by atoms with E-state index in [1.807, 2.05) is 37.3 Å². The Balaban J connectivity index is 1.83. The van der Waals surface area contributed by atoms with Crippen molar-refractivity contribution in [1.29, 1.82) is 0 Å². The first-order valence-corrected chi connectivity index (χ1v) is 9.18. The molecular formula is C20H28N2O5. The van der Waals surface area contributed by atoms with Gasteiger partial charge in [0, 0.05) is 6.54 Å². The third kappa shape index (κ3) is 6.27. The topological polar surface area (TPSA) is 84.9 Å². The predicted octanol–water partition coefficient (Wildman–Crippen LogP) is 2.81. The van der Waals surface area contributed by atoms with Gasteiger partial charge in [0.15, 0.2) is 6.61 Å². The SMILES string of the molecule is C[C@@H](NC(=O)COC(=O)[C@@H]1CCCN1C(=O)OC(C)(C)C)c1ccccc1. The average Bonchev–Trinajstić information content (AvgIpc) is 3.09. The first kappa shape index (κ1) is 20.7. The first-order chi connectivity index (χ1) is 12.7. The molecule has 148 valence electrons. The van der Waals surface area contributed by atoms with Crippen molar-refractivity contribution in [2.24, 2.45) is 0 Å². The molecule has 0 spiro atoms. The second-order valence-electron chi connectivity index (χ2n) is 7.64. The molecule has 1 saturated heterocycles. The van der Waals surface area contributed by atoms with Crippen molar-refractivity contribution in [2.75, 3.05) is 13.2 Å². The number of amides is 2. The van der Waals surface area contributed by atoms with Gasteiger partial charge in [-0.3, -0.25) is 9.69 Å². The second kappa shape index (κ2) is 8.88. The van der Waals surface area contributed by atoms with E-state index in [2.05, 4.69) is 5.32 Å². The van der Waals surface area contributed by atoms with Crippen LogP contribution in [0.5, 0.6) is 0 Å². The Bertz CT molecular complexity index is 669. The molecule has 1 aromatic rings. The summed E-state index contributed by atoms with van der Waals surface area (Å²) in [5.74, 6) is -0.970. The molecule has 1 heterocycles. The number of likely N-dealkylation sites (tertiary alicyclic amines) is 1. The van der Waals surface area contributed by atoms with Crippen molar-refractivity contribution in [1.82, 2.24) is 10.2 Å². The van der Waals surface area contributed by atoms with Crippen molar-refractivity contribution in [3.63, 3.8) is 0 Å². The van der Waals surface area contributed by atoms with Crippen LogP contribution in [0.4, 0.5) is 4.79 Å². The molecule has 2 rings (SSSR count). The third-order valence-corrected chi connectivity index (χ3v) is 4.18. The normalized spacial score (nSPS) is 17.9. The van der Waals surface area contributed by atoms with E-state index >= 15 is 0 Å². The van der Waals surface area contributed by atoms with Gasteiger partial charge in [0.25, 0.3) is 5.91 Å². The zero-order valence-corrected chi connectivity index (χ0v) is 16.4. The Morgan fingerprint density at radius 3 is 2.52 bits per heavy atom. The van der Waals surface area contributed by atoms with Gasteiger partial charge in [-0.1, -0.05) is 30.3 Å². The van der Waals surface area contributed by atoms with Crippen LogP contribution in [0.1, 0.15) is 52.1 Å². The average molecular weight is 376 g/mol. The summed E-state index contributed by atoms with van der Waals surface area (Å²) in [6.45, 7) is 7.22. The summed E-state index contributed by atoms with van der Waals surface area (Å²) < 4.78 is 10.5. The molecule has 1 aliphatic heterocycles. The molecule has 2 amide bonds. The third-order valence-electron chi connectivity index (χ3n) is 4.18. The highest BCUT2D eigenvalue weighted by Gasteiger charge is 2.37. The Morgan fingerprint density at radius 1 is 1.22 bits per heavy atom. The van der Waals surface area contributed by atoms with E-state index < -0.39 is 23.7 Å². The smallest absolute Gasteiger partial charge is 0.411 e. The number of carbonyl (C=O) groups is 3. The molecule has 27 heavy (non-hydrogen) atoms. The summed E-state index contributed by atoms with van der Waals surface area (Å²) in [4.78, 5) is 38.0. The minimum atomic E-state index is -0.709. The van der Waals surface area contributed by atoms with Crippen LogP contribution in [-0.4, -0.2) is 47.7 Å². The number of carbonyl (C=O) groups excluding carboxylic acids is 3. The number of esters is 1. The number of benzene rings is 1. The lowest BCUT2D eigenvalue weighted by Gasteiger charge is -2.27. The highest BCUT2D eigenvalue weighted by Crippen LogP contribution is 2.21. The van der Waals surface area contributed by atoms with Gasteiger partial charge in [0.05, 0.1) is 6.04 Å². The lowest BCUT2D eigenvalue weighted by molar-refractivity contribution is -0.152. The number of hydrogen-bond acceptors (Lipinski definition) is 5. The summed E-state index contributed by atoms with van der Waals surface area (Å²) >= 11 is 0.